The molecule has 0 aliphatic rings. The standard InChI is InChI=1S/C9H9BrF2N2O2/c10-7-2-1-6(3-8(7)14(15)16)4-13-5-9(11)12/h1-3,9,13H,4-5H2. The second-order valence-corrected chi connectivity index (χ2v) is 3.92. The highest BCUT2D eigenvalue weighted by atomic mass is 79.9. The summed E-state index contributed by atoms with van der Waals surface area (Å²) in [5.74, 6) is 0. The van der Waals surface area contributed by atoms with Crippen molar-refractivity contribution in [1.29, 1.82) is 0 Å². The molecule has 0 aliphatic heterocycles. The third-order valence-electron chi connectivity index (χ3n) is 1.84. The van der Waals surface area contributed by atoms with Gasteiger partial charge in [0.25, 0.3) is 12.1 Å². The molecule has 0 amide bonds. The van der Waals surface area contributed by atoms with E-state index in [1.54, 1.807) is 6.07 Å². The molecule has 0 radical (unpaired) electrons. The minimum absolute atomic E-state index is 0.0728. The molecule has 0 saturated heterocycles. The van der Waals surface area contributed by atoms with Gasteiger partial charge in [0.1, 0.15) is 0 Å². The Kier molecular flexibility index (Phi) is 4.75. The second-order valence-electron chi connectivity index (χ2n) is 3.06. The van der Waals surface area contributed by atoms with Gasteiger partial charge in [-0.3, -0.25) is 10.1 Å². The number of hydrogen-bond acceptors (Lipinski definition) is 3. The van der Waals surface area contributed by atoms with Crippen LogP contribution in [0, 0.1) is 10.1 Å². The lowest BCUT2D eigenvalue weighted by molar-refractivity contribution is -0.385. The van der Waals surface area contributed by atoms with Gasteiger partial charge in [-0.05, 0) is 27.6 Å². The third kappa shape index (κ3) is 3.82. The second kappa shape index (κ2) is 5.86. The van der Waals surface area contributed by atoms with Gasteiger partial charge in [-0.2, -0.15) is 0 Å². The minimum atomic E-state index is -2.43. The third-order valence-corrected chi connectivity index (χ3v) is 2.51. The molecule has 0 unspecified atom stereocenters. The van der Waals surface area contributed by atoms with Gasteiger partial charge in [-0.15, -0.1) is 0 Å². The number of benzene rings is 1. The van der Waals surface area contributed by atoms with E-state index in [1.165, 1.54) is 12.1 Å². The summed E-state index contributed by atoms with van der Waals surface area (Å²) in [5, 5.41) is 13.1. The molecular formula is C9H9BrF2N2O2. The van der Waals surface area contributed by atoms with Gasteiger partial charge in [0.05, 0.1) is 15.9 Å². The fourth-order valence-corrected chi connectivity index (χ4v) is 1.53. The van der Waals surface area contributed by atoms with E-state index in [0.29, 0.717) is 10.0 Å². The van der Waals surface area contributed by atoms with E-state index in [0.717, 1.165) is 0 Å². The van der Waals surface area contributed by atoms with Crippen molar-refractivity contribution in [3.63, 3.8) is 0 Å². The number of hydrogen-bond donors (Lipinski definition) is 1. The van der Waals surface area contributed by atoms with Gasteiger partial charge in [0.2, 0.25) is 0 Å². The van der Waals surface area contributed by atoms with E-state index in [-0.39, 0.29) is 12.2 Å². The molecule has 4 nitrogen and oxygen atoms in total. The van der Waals surface area contributed by atoms with Gasteiger partial charge in [0.15, 0.2) is 0 Å². The molecule has 0 aromatic heterocycles. The average Bonchev–Trinajstić information content (AvgIpc) is 2.19. The maximum atomic E-state index is 11.8. The quantitative estimate of drug-likeness (QED) is 0.671. The van der Waals surface area contributed by atoms with Crippen LogP contribution in [0.2, 0.25) is 0 Å². The van der Waals surface area contributed by atoms with Gasteiger partial charge < -0.3 is 5.32 Å². The van der Waals surface area contributed by atoms with Gasteiger partial charge in [0, 0.05) is 12.6 Å². The Balaban J connectivity index is 2.68. The van der Waals surface area contributed by atoms with Gasteiger partial charge in [-0.1, -0.05) is 6.07 Å². The summed E-state index contributed by atoms with van der Waals surface area (Å²) in [4.78, 5) is 10.1. The summed E-state index contributed by atoms with van der Waals surface area (Å²) in [7, 11) is 0. The number of nitro benzene ring substituents is 1. The van der Waals surface area contributed by atoms with E-state index in [2.05, 4.69) is 21.2 Å². The van der Waals surface area contributed by atoms with Crippen molar-refractivity contribution in [3.8, 4) is 0 Å². The van der Waals surface area contributed by atoms with Crippen molar-refractivity contribution < 1.29 is 13.7 Å². The zero-order valence-electron chi connectivity index (χ0n) is 8.12. The molecule has 0 atom stereocenters. The first-order chi connectivity index (χ1) is 7.50. The van der Waals surface area contributed by atoms with Gasteiger partial charge in [-0.25, -0.2) is 8.78 Å². The Bertz CT molecular complexity index is 388. The van der Waals surface area contributed by atoms with Crippen LogP contribution < -0.4 is 5.32 Å². The highest BCUT2D eigenvalue weighted by Gasteiger charge is 2.12. The lowest BCUT2D eigenvalue weighted by Crippen LogP contribution is -2.20. The van der Waals surface area contributed by atoms with Crippen LogP contribution in [0.3, 0.4) is 0 Å². The number of halogens is 3. The predicted molar refractivity (Wildman–Crippen MR) is 58.5 cm³/mol. The minimum Gasteiger partial charge on any atom is -0.307 e. The molecule has 0 aliphatic carbocycles. The van der Waals surface area contributed by atoms with Crippen molar-refractivity contribution in [2.24, 2.45) is 0 Å². The molecular weight excluding hydrogens is 286 g/mol. The summed E-state index contributed by atoms with van der Waals surface area (Å²) in [6, 6.07) is 4.51. The maximum Gasteiger partial charge on any atom is 0.283 e. The Morgan fingerprint density at radius 2 is 2.19 bits per heavy atom. The van der Waals surface area contributed by atoms with Crippen LogP contribution >= 0.6 is 15.9 Å². The molecule has 0 spiro atoms. The summed E-state index contributed by atoms with van der Waals surface area (Å²) in [6.07, 6.45) is -2.43. The number of nitro groups is 1. The number of alkyl halides is 2. The summed E-state index contributed by atoms with van der Waals surface area (Å²) in [6.45, 7) is -0.248. The summed E-state index contributed by atoms with van der Waals surface area (Å²) < 4.78 is 24.0. The molecule has 1 aromatic carbocycles. The highest BCUT2D eigenvalue weighted by Crippen LogP contribution is 2.25. The molecule has 88 valence electrons. The normalized spacial score (nSPS) is 10.8. The van der Waals surface area contributed by atoms with Crippen LogP contribution in [0.4, 0.5) is 14.5 Å². The Hall–Kier alpha value is -1.08. The Morgan fingerprint density at radius 1 is 1.50 bits per heavy atom. The van der Waals surface area contributed by atoms with Crippen molar-refractivity contribution in [2.75, 3.05) is 6.54 Å². The molecule has 0 saturated carbocycles. The first kappa shape index (κ1) is 13.0. The first-order valence-corrected chi connectivity index (χ1v) is 5.21. The maximum absolute atomic E-state index is 11.8. The van der Waals surface area contributed by atoms with Crippen LogP contribution in [0.5, 0.6) is 0 Å². The lowest BCUT2D eigenvalue weighted by Gasteiger charge is -2.04. The fourth-order valence-electron chi connectivity index (χ4n) is 1.13. The van der Waals surface area contributed by atoms with Crippen LogP contribution in [-0.4, -0.2) is 17.9 Å². The van der Waals surface area contributed by atoms with Crippen molar-refractivity contribution in [1.82, 2.24) is 5.32 Å². The van der Waals surface area contributed by atoms with Crippen LogP contribution in [-0.2, 0) is 6.54 Å². The zero-order valence-corrected chi connectivity index (χ0v) is 9.71. The molecule has 0 heterocycles. The topological polar surface area (TPSA) is 55.2 Å². The van der Waals surface area contributed by atoms with E-state index in [4.69, 9.17) is 0 Å². The average molecular weight is 295 g/mol. The smallest absolute Gasteiger partial charge is 0.283 e. The monoisotopic (exact) mass is 294 g/mol. The Labute approximate surface area is 98.9 Å². The summed E-state index contributed by atoms with van der Waals surface area (Å²) >= 11 is 3.04. The van der Waals surface area contributed by atoms with E-state index in [9.17, 15) is 18.9 Å². The molecule has 1 aromatic rings. The highest BCUT2D eigenvalue weighted by molar-refractivity contribution is 9.10. The van der Waals surface area contributed by atoms with Crippen LogP contribution in [0.1, 0.15) is 5.56 Å². The SMILES string of the molecule is O=[N+]([O-])c1cc(CNCC(F)F)ccc1Br. The fraction of sp³-hybridized carbons (Fsp3) is 0.333. The summed E-state index contributed by atoms with van der Waals surface area (Å²) in [5.41, 5.74) is 0.520. The van der Waals surface area contributed by atoms with Crippen molar-refractivity contribution in [3.05, 3.63) is 38.3 Å². The molecule has 7 heteroatoms. The Morgan fingerprint density at radius 3 is 2.75 bits per heavy atom. The van der Waals surface area contributed by atoms with Crippen molar-refractivity contribution in [2.45, 2.75) is 13.0 Å². The first-order valence-electron chi connectivity index (χ1n) is 4.42. The predicted octanol–water partition coefficient (Wildman–Crippen LogP) is 2.71. The largest absolute Gasteiger partial charge is 0.307 e. The van der Waals surface area contributed by atoms with E-state index < -0.39 is 17.9 Å². The number of rotatable bonds is 5. The van der Waals surface area contributed by atoms with E-state index >= 15 is 0 Å². The molecule has 1 rings (SSSR count). The molecule has 0 bridgehead atoms. The zero-order chi connectivity index (χ0) is 12.1. The van der Waals surface area contributed by atoms with Gasteiger partial charge >= 0.3 is 0 Å². The molecule has 0 fully saturated rings. The van der Waals surface area contributed by atoms with Crippen LogP contribution in [0.25, 0.3) is 0 Å². The number of nitrogens with zero attached hydrogens (tertiary/aromatic N) is 1. The number of nitrogens with one attached hydrogen (secondary N) is 1. The van der Waals surface area contributed by atoms with E-state index in [1.807, 2.05) is 0 Å². The molecule has 16 heavy (non-hydrogen) atoms. The van der Waals surface area contributed by atoms with Crippen LogP contribution in [0.15, 0.2) is 22.7 Å². The molecule has 1 N–H and O–H groups in total. The lowest BCUT2D eigenvalue weighted by atomic mass is 10.2. The van der Waals surface area contributed by atoms with Crippen molar-refractivity contribution >= 4 is 21.6 Å².